The molecule has 1 amide bonds. The fourth-order valence-electron chi connectivity index (χ4n) is 3.54. The number of para-hydroxylation sites is 1. The molecule has 3 aromatic rings. The molecule has 9 heteroatoms. The number of fused-ring (bicyclic) bond motifs is 1. The van der Waals surface area contributed by atoms with Crippen molar-refractivity contribution in [2.24, 2.45) is 5.92 Å². The minimum atomic E-state index is -3.55. The maximum Gasteiger partial charge on any atom is 0.287 e. The Bertz CT molecular complexity index is 1220. The maximum atomic E-state index is 12.7. The Morgan fingerprint density at radius 3 is 2.67 bits per heavy atom. The average Bonchev–Trinajstić information content (AvgIpc) is 2.78. The molecule has 1 aliphatic heterocycles. The van der Waals surface area contributed by atoms with E-state index in [4.69, 9.17) is 4.42 Å². The van der Waals surface area contributed by atoms with E-state index < -0.39 is 15.9 Å². The predicted molar refractivity (Wildman–Crippen MR) is 111 cm³/mol. The largest absolute Gasteiger partial charge is 0.451 e. The van der Waals surface area contributed by atoms with Crippen molar-refractivity contribution in [3.63, 3.8) is 0 Å². The van der Waals surface area contributed by atoms with Gasteiger partial charge in [0.25, 0.3) is 5.91 Å². The lowest BCUT2D eigenvalue weighted by Gasteiger charge is -2.31. The quantitative estimate of drug-likeness (QED) is 0.667. The van der Waals surface area contributed by atoms with Crippen molar-refractivity contribution in [1.29, 1.82) is 0 Å². The van der Waals surface area contributed by atoms with Crippen LogP contribution in [0.3, 0.4) is 0 Å². The molecule has 1 N–H and O–H groups in total. The smallest absolute Gasteiger partial charge is 0.287 e. The van der Waals surface area contributed by atoms with E-state index in [2.05, 4.69) is 10.3 Å². The third-order valence-corrected chi connectivity index (χ3v) is 7.14. The first kappa shape index (κ1) is 20.2. The number of benzene rings is 1. The second-order valence-corrected chi connectivity index (χ2v) is 9.16. The summed E-state index contributed by atoms with van der Waals surface area (Å²) in [6.45, 7) is 1.14. The molecule has 3 heterocycles. The minimum Gasteiger partial charge on any atom is -0.451 e. The summed E-state index contributed by atoms with van der Waals surface area (Å²) in [5.74, 6) is -0.347. The van der Waals surface area contributed by atoms with Crippen LogP contribution in [-0.2, 0) is 10.0 Å². The van der Waals surface area contributed by atoms with Gasteiger partial charge in [0.2, 0.25) is 10.0 Å². The molecular formula is C21H21N3O5S. The monoisotopic (exact) mass is 427 g/mol. The van der Waals surface area contributed by atoms with Crippen molar-refractivity contribution in [3.05, 3.63) is 70.8 Å². The van der Waals surface area contributed by atoms with Gasteiger partial charge in [0, 0.05) is 38.1 Å². The normalized spacial score (nSPS) is 15.9. The lowest BCUT2D eigenvalue weighted by molar-refractivity contribution is 0.0914. The van der Waals surface area contributed by atoms with E-state index in [1.807, 2.05) is 0 Å². The van der Waals surface area contributed by atoms with Crippen LogP contribution in [0.5, 0.6) is 0 Å². The van der Waals surface area contributed by atoms with E-state index in [1.54, 1.807) is 30.3 Å². The topological polar surface area (TPSA) is 110 Å². The highest BCUT2D eigenvalue weighted by molar-refractivity contribution is 7.89. The Labute approximate surface area is 173 Å². The Balaban J connectivity index is 1.35. The molecule has 1 saturated heterocycles. The molecule has 2 aromatic heterocycles. The van der Waals surface area contributed by atoms with E-state index in [0.29, 0.717) is 43.4 Å². The number of piperidine rings is 1. The van der Waals surface area contributed by atoms with E-state index in [1.165, 1.54) is 28.8 Å². The van der Waals surface area contributed by atoms with Crippen LogP contribution >= 0.6 is 0 Å². The summed E-state index contributed by atoms with van der Waals surface area (Å²) in [6, 6.07) is 11.1. The fourth-order valence-corrected chi connectivity index (χ4v) is 4.98. The van der Waals surface area contributed by atoms with Gasteiger partial charge in [-0.1, -0.05) is 12.1 Å². The van der Waals surface area contributed by atoms with Gasteiger partial charge in [0.05, 0.1) is 5.39 Å². The molecule has 0 aliphatic carbocycles. The van der Waals surface area contributed by atoms with Crippen molar-refractivity contribution >= 4 is 26.9 Å². The molecule has 30 heavy (non-hydrogen) atoms. The molecule has 0 saturated carbocycles. The zero-order chi connectivity index (χ0) is 21.1. The number of nitrogens with one attached hydrogen (secondary N) is 1. The van der Waals surface area contributed by atoms with Gasteiger partial charge >= 0.3 is 0 Å². The van der Waals surface area contributed by atoms with Crippen LogP contribution in [0.1, 0.15) is 23.4 Å². The van der Waals surface area contributed by atoms with Crippen LogP contribution in [-0.4, -0.2) is 43.2 Å². The summed E-state index contributed by atoms with van der Waals surface area (Å²) in [5, 5.41) is 3.22. The van der Waals surface area contributed by atoms with Crippen molar-refractivity contribution in [2.45, 2.75) is 17.7 Å². The molecule has 1 aliphatic rings. The summed E-state index contributed by atoms with van der Waals surface area (Å²) in [6.07, 6.45) is 4.13. The van der Waals surface area contributed by atoms with Crippen LogP contribution in [0.2, 0.25) is 0 Å². The third-order valence-electron chi connectivity index (χ3n) is 5.26. The highest BCUT2D eigenvalue weighted by atomic mass is 32.2. The first-order chi connectivity index (χ1) is 14.4. The van der Waals surface area contributed by atoms with Gasteiger partial charge in [-0.15, -0.1) is 0 Å². The second kappa shape index (κ2) is 8.37. The summed E-state index contributed by atoms with van der Waals surface area (Å²) >= 11 is 0. The number of amides is 1. The lowest BCUT2D eigenvalue weighted by Crippen LogP contribution is -2.41. The van der Waals surface area contributed by atoms with Crippen molar-refractivity contribution in [1.82, 2.24) is 14.6 Å². The molecular weight excluding hydrogens is 406 g/mol. The molecule has 156 valence electrons. The molecule has 0 atom stereocenters. The number of hydrogen-bond donors (Lipinski definition) is 1. The van der Waals surface area contributed by atoms with Crippen molar-refractivity contribution < 1.29 is 17.6 Å². The van der Waals surface area contributed by atoms with Crippen molar-refractivity contribution in [2.75, 3.05) is 19.6 Å². The fraction of sp³-hybridized carbons (Fsp3) is 0.286. The third kappa shape index (κ3) is 4.12. The first-order valence-corrected chi connectivity index (χ1v) is 11.1. The number of sulfonamides is 1. The number of hydrogen-bond acceptors (Lipinski definition) is 6. The zero-order valence-corrected chi connectivity index (χ0v) is 17.0. The molecule has 0 spiro atoms. The standard InChI is InChI=1S/C21H21N3O5S/c25-18-12-20(29-19-6-2-1-5-17(18)19)21(26)23-13-15-7-10-24(11-8-15)30(27,28)16-4-3-9-22-14-16/h1-6,9,12,14-15H,7-8,10-11,13H2,(H,23,26). The van der Waals surface area contributed by atoms with Gasteiger partial charge < -0.3 is 9.73 Å². The summed E-state index contributed by atoms with van der Waals surface area (Å²) in [7, 11) is -3.55. The zero-order valence-electron chi connectivity index (χ0n) is 16.2. The Morgan fingerprint density at radius 1 is 1.17 bits per heavy atom. The highest BCUT2D eigenvalue weighted by Crippen LogP contribution is 2.23. The number of nitrogens with zero attached hydrogens (tertiary/aromatic N) is 2. The molecule has 0 bridgehead atoms. The number of aromatic nitrogens is 1. The van der Waals surface area contributed by atoms with E-state index in [9.17, 15) is 18.0 Å². The maximum absolute atomic E-state index is 12.7. The van der Waals surface area contributed by atoms with Gasteiger partial charge in [-0.3, -0.25) is 14.6 Å². The summed E-state index contributed by atoms with van der Waals surface area (Å²) in [4.78, 5) is 28.6. The minimum absolute atomic E-state index is 0.0321. The molecule has 0 unspecified atom stereocenters. The van der Waals surface area contributed by atoms with Crippen LogP contribution in [0.15, 0.2) is 69.0 Å². The van der Waals surface area contributed by atoms with E-state index in [0.717, 1.165) is 0 Å². The van der Waals surface area contributed by atoms with E-state index in [-0.39, 0.29) is 22.0 Å². The van der Waals surface area contributed by atoms with Gasteiger partial charge in [-0.2, -0.15) is 4.31 Å². The van der Waals surface area contributed by atoms with E-state index >= 15 is 0 Å². The van der Waals surface area contributed by atoms with Gasteiger partial charge in [0.1, 0.15) is 10.5 Å². The number of carbonyl (C=O) groups is 1. The summed E-state index contributed by atoms with van der Waals surface area (Å²) in [5.41, 5.74) is 0.0972. The second-order valence-electron chi connectivity index (χ2n) is 7.22. The number of rotatable bonds is 5. The Hall–Kier alpha value is -3.04. The molecule has 0 radical (unpaired) electrons. The molecule has 4 rings (SSSR count). The predicted octanol–water partition coefficient (Wildman–Crippen LogP) is 2.02. The SMILES string of the molecule is O=C(NCC1CCN(S(=O)(=O)c2cccnc2)CC1)c1cc(=O)c2ccccc2o1. The van der Waals surface area contributed by atoms with Gasteiger partial charge in [-0.05, 0) is 43.0 Å². The van der Waals surface area contributed by atoms with Gasteiger partial charge in [-0.25, -0.2) is 8.42 Å². The molecule has 1 aromatic carbocycles. The van der Waals surface area contributed by atoms with Crippen LogP contribution in [0, 0.1) is 5.92 Å². The van der Waals surface area contributed by atoms with Crippen LogP contribution in [0.25, 0.3) is 11.0 Å². The van der Waals surface area contributed by atoms with Crippen molar-refractivity contribution in [3.8, 4) is 0 Å². The average molecular weight is 427 g/mol. The number of pyridine rings is 1. The first-order valence-electron chi connectivity index (χ1n) is 9.66. The van der Waals surface area contributed by atoms with Gasteiger partial charge in [0.15, 0.2) is 11.2 Å². The number of carbonyl (C=O) groups excluding carboxylic acids is 1. The summed E-state index contributed by atoms with van der Waals surface area (Å²) < 4.78 is 32.3. The van der Waals surface area contributed by atoms with Crippen LogP contribution < -0.4 is 10.7 Å². The molecule has 8 nitrogen and oxygen atoms in total. The molecule has 1 fully saturated rings. The Kier molecular flexibility index (Phi) is 5.65. The lowest BCUT2D eigenvalue weighted by atomic mass is 9.98. The highest BCUT2D eigenvalue weighted by Gasteiger charge is 2.29. The van der Waals surface area contributed by atoms with Crippen LogP contribution in [0.4, 0.5) is 0 Å². The Morgan fingerprint density at radius 2 is 1.93 bits per heavy atom.